The quantitative estimate of drug-likeness (QED) is 0.659. The molecular weight excluding hydrogens is 150 g/mol. The van der Waals surface area contributed by atoms with Gasteiger partial charge in [0, 0.05) is 22.7 Å². The molecule has 1 heterocycles. The van der Waals surface area contributed by atoms with E-state index in [0.29, 0.717) is 0 Å². The van der Waals surface area contributed by atoms with E-state index < -0.39 is 0 Å². The lowest BCUT2D eigenvalue weighted by atomic mass is 10.1. The van der Waals surface area contributed by atoms with Gasteiger partial charge >= 0.3 is 0 Å². The molecule has 2 heteroatoms. The molecule has 2 aromatic rings. The largest absolute Gasteiger partial charge is 0.392 e. The number of hydrogen-bond donors (Lipinski definition) is 2. The first-order valence-corrected chi connectivity index (χ1v) is 3.99. The summed E-state index contributed by atoms with van der Waals surface area (Å²) in [5.41, 5.74) is 3.31. The Morgan fingerprint density at radius 1 is 1.42 bits per heavy atom. The molecule has 1 aromatic carbocycles. The van der Waals surface area contributed by atoms with Crippen molar-refractivity contribution < 1.29 is 5.11 Å². The Kier molecular flexibility index (Phi) is 1.62. The van der Waals surface area contributed by atoms with Gasteiger partial charge < -0.3 is 10.1 Å². The Balaban J connectivity index is 2.80. The van der Waals surface area contributed by atoms with Crippen LogP contribution in [-0.2, 0) is 6.61 Å². The van der Waals surface area contributed by atoms with Crippen LogP contribution in [0.15, 0.2) is 24.4 Å². The summed E-state index contributed by atoms with van der Waals surface area (Å²) in [5, 5.41) is 10.1. The summed E-state index contributed by atoms with van der Waals surface area (Å²) < 4.78 is 0. The second-order valence-electron chi connectivity index (χ2n) is 2.97. The Hall–Kier alpha value is -1.28. The van der Waals surface area contributed by atoms with Crippen molar-refractivity contribution in [3.05, 3.63) is 35.5 Å². The fourth-order valence-electron chi connectivity index (χ4n) is 1.49. The number of H-pyrrole nitrogens is 1. The summed E-state index contributed by atoms with van der Waals surface area (Å²) in [6.45, 7) is 2.16. The molecule has 2 rings (SSSR count). The predicted molar refractivity (Wildman–Crippen MR) is 49.0 cm³/mol. The van der Waals surface area contributed by atoms with E-state index in [-0.39, 0.29) is 6.61 Å². The maximum Gasteiger partial charge on any atom is 0.0702 e. The van der Waals surface area contributed by atoms with E-state index in [0.717, 1.165) is 16.5 Å². The third-order valence-corrected chi connectivity index (χ3v) is 2.18. The van der Waals surface area contributed by atoms with Crippen molar-refractivity contribution in [2.45, 2.75) is 13.5 Å². The lowest BCUT2D eigenvalue weighted by molar-refractivity contribution is 0.283. The highest BCUT2D eigenvalue weighted by atomic mass is 16.3. The first-order chi connectivity index (χ1) is 5.83. The second-order valence-corrected chi connectivity index (χ2v) is 2.97. The minimum atomic E-state index is 0.101. The Morgan fingerprint density at radius 2 is 2.25 bits per heavy atom. The number of aromatic nitrogens is 1. The van der Waals surface area contributed by atoms with E-state index in [4.69, 9.17) is 5.11 Å². The average molecular weight is 161 g/mol. The summed E-state index contributed by atoms with van der Waals surface area (Å²) in [4.78, 5) is 3.15. The van der Waals surface area contributed by atoms with Crippen molar-refractivity contribution in [2.24, 2.45) is 0 Å². The summed E-state index contributed by atoms with van der Waals surface area (Å²) in [6.07, 6.45) is 1.86. The van der Waals surface area contributed by atoms with Gasteiger partial charge in [0.05, 0.1) is 6.61 Å². The van der Waals surface area contributed by atoms with Crippen molar-refractivity contribution in [3.8, 4) is 0 Å². The van der Waals surface area contributed by atoms with Gasteiger partial charge in [-0.05, 0) is 12.5 Å². The first kappa shape index (κ1) is 7.37. The third-order valence-electron chi connectivity index (χ3n) is 2.18. The fraction of sp³-hybridized carbons (Fsp3) is 0.200. The Bertz CT molecular complexity index is 403. The maximum absolute atomic E-state index is 9.00. The van der Waals surface area contributed by atoms with E-state index in [9.17, 15) is 0 Å². The van der Waals surface area contributed by atoms with Crippen LogP contribution >= 0.6 is 0 Å². The van der Waals surface area contributed by atoms with Gasteiger partial charge in [-0.2, -0.15) is 0 Å². The zero-order chi connectivity index (χ0) is 8.55. The number of nitrogens with one attached hydrogen (secondary N) is 1. The van der Waals surface area contributed by atoms with Gasteiger partial charge in [-0.3, -0.25) is 0 Å². The number of fused-ring (bicyclic) bond motifs is 1. The molecule has 0 bridgehead atoms. The monoisotopic (exact) mass is 161 g/mol. The highest BCUT2D eigenvalue weighted by molar-refractivity contribution is 5.85. The second kappa shape index (κ2) is 2.64. The number of aromatic amines is 1. The van der Waals surface area contributed by atoms with Gasteiger partial charge in [-0.15, -0.1) is 0 Å². The molecule has 0 saturated carbocycles. The lowest BCUT2D eigenvalue weighted by Gasteiger charge is -1.95. The minimum absolute atomic E-state index is 0.101. The van der Waals surface area contributed by atoms with Crippen LogP contribution in [0.3, 0.4) is 0 Å². The highest BCUT2D eigenvalue weighted by Crippen LogP contribution is 2.20. The van der Waals surface area contributed by atoms with Crippen LogP contribution in [0.25, 0.3) is 10.9 Å². The molecule has 0 fully saturated rings. The smallest absolute Gasteiger partial charge is 0.0702 e. The minimum Gasteiger partial charge on any atom is -0.392 e. The number of benzene rings is 1. The molecule has 2 nitrogen and oxygen atoms in total. The SMILES string of the molecule is Cc1cccc2c(CO)c[nH]c12. The van der Waals surface area contributed by atoms with Crippen LogP contribution in [0, 0.1) is 6.92 Å². The standard InChI is InChI=1S/C10H11NO/c1-7-3-2-4-9-8(6-12)5-11-10(7)9/h2-5,11-12H,6H2,1H3. The molecule has 0 saturated heterocycles. The van der Waals surface area contributed by atoms with E-state index in [1.165, 1.54) is 5.56 Å². The van der Waals surface area contributed by atoms with E-state index in [2.05, 4.69) is 18.0 Å². The van der Waals surface area contributed by atoms with Gasteiger partial charge in [0.2, 0.25) is 0 Å². The molecule has 0 aliphatic heterocycles. The highest BCUT2D eigenvalue weighted by Gasteiger charge is 2.02. The van der Waals surface area contributed by atoms with Gasteiger partial charge in [0.15, 0.2) is 0 Å². The molecule has 1 aromatic heterocycles. The van der Waals surface area contributed by atoms with Crippen LogP contribution < -0.4 is 0 Å². The number of hydrogen-bond acceptors (Lipinski definition) is 1. The van der Waals surface area contributed by atoms with Crippen molar-refractivity contribution in [3.63, 3.8) is 0 Å². The molecule has 62 valence electrons. The molecule has 0 radical (unpaired) electrons. The van der Waals surface area contributed by atoms with Crippen LogP contribution in [0.5, 0.6) is 0 Å². The number of aryl methyl sites for hydroxylation is 1. The normalized spacial score (nSPS) is 10.8. The Morgan fingerprint density at radius 3 is 3.00 bits per heavy atom. The van der Waals surface area contributed by atoms with Crippen molar-refractivity contribution in [2.75, 3.05) is 0 Å². The zero-order valence-electron chi connectivity index (χ0n) is 6.96. The molecule has 0 amide bonds. The fourth-order valence-corrected chi connectivity index (χ4v) is 1.49. The van der Waals surface area contributed by atoms with Gasteiger partial charge in [-0.25, -0.2) is 0 Å². The molecular formula is C10H11NO. The summed E-state index contributed by atoms with van der Waals surface area (Å²) >= 11 is 0. The van der Waals surface area contributed by atoms with Crippen LogP contribution in [0.4, 0.5) is 0 Å². The van der Waals surface area contributed by atoms with E-state index >= 15 is 0 Å². The van der Waals surface area contributed by atoms with Crippen LogP contribution in [0.1, 0.15) is 11.1 Å². The topological polar surface area (TPSA) is 36.0 Å². The molecule has 2 N–H and O–H groups in total. The van der Waals surface area contributed by atoms with Gasteiger partial charge in [0.1, 0.15) is 0 Å². The van der Waals surface area contributed by atoms with Crippen molar-refractivity contribution >= 4 is 10.9 Å². The summed E-state index contributed by atoms with van der Waals surface area (Å²) in [6, 6.07) is 6.08. The van der Waals surface area contributed by atoms with E-state index in [1.54, 1.807) is 0 Å². The molecule has 0 spiro atoms. The zero-order valence-corrected chi connectivity index (χ0v) is 6.96. The maximum atomic E-state index is 9.00. The van der Waals surface area contributed by atoms with E-state index in [1.807, 2.05) is 18.3 Å². The van der Waals surface area contributed by atoms with Crippen LogP contribution in [-0.4, -0.2) is 10.1 Å². The number of rotatable bonds is 1. The molecule has 0 aliphatic rings. The number of para-hydroxylation sites is 1. The van der Waals surface area contributed by atoms with Gasteiger partial charge in [0.25, 0.3) is 0 Å². The van der Waals surface area contributed by atoms with Crippen molar-refractivity contribution in [1.29, 1.82) is 0 Å². The number of aliphatic hydroxyl groups is 1. The Labute approximate surface area is 70.8 Å². The lowest BCUT2D eigenvalue weighted by Crippen LogP contribution is -1.79. The molecule has 0 atom stereocenters. The van der Waals surface area contributed by atoms with Gasteiger partial charge in [-0.1, -0.05) is 18.2 Å². The number of aliphatic hydroxyl groups excluding tert-OH is 1. The van der Waals surface area contributed by atoms with Crippen molar-refractivity contribution in [1.82, 2.24) is 4.98 Å². The van der Waals surface area contributed by atoms with Crippen LogP contribution in [0.2, 0.25) is 0 Å². The summed E-state index contributed by atoms with van der Waals surface area (Å²) in [5.74, 6) is 0. The molecule has 0 unspecified atom stereocenters. The average Bonchev–Trinajstić information content (AvgIpc) is 2.49. The predicted octanol–water partition coefficient (Wildman–Crippen LogP) is 1.97. The summed E-state index contributed by atoms with van der Waals surface area (Å²) in [7, 11) is 0. The molecule has 12 heavy (non-hydrogen) atoms. The third kappa shape index (κ3) is 0.924. The molecule has 0 aliphatic carbocycles. The first-order valence-electron chi connectivity index (χ1n) is 3.99.